The standard InChI is InChI=1S/C21H30N4O/c1-15(2)20-19(14-24-25(20)18-8-6-16(3)7-9-18)21(26)23-12-10-17-5-4-11-22-13-17/h6-9,14-15,17,22H,4-5,10-13H2,1-3H3,(H,23,26). The lowest BCUT2D eigenvalue weighted by molar-refractivity contribution is 0.0949. The first kappa shape index (κ1) is 18.6. The van der Waals surface area contributed by atoms with Gasteiger partial charge in [-0.2, -0.15) is 5.10 Å². The van der Waals surface area contributed by atoms with Crippen LogP contribution in [0.25, 0.3) is 5.69 Å². The van der Waals surface area contributed by atoms with Crippen LogP contribution in [0.3, 0.4) is 0 Å². The lowest BCUT2D eigenvalue weighted by Gasteiger charge is -2.22. The van der Waals surface area contributed by atoms with E-state index in [1.807, 2.05) is 16.8 Å². The molecule has 140 valence electrons. The van der Waals surface area contributed by atoms with Crippen LogP contribution in [-0.4, -0.2) is 35.3 Å². The zero-order valence-electron chi connectivity index (χ0n) is 16.1. The monoisotopic (exact) mass is 354 g/mol. The number of rotatable bonds is 6. The van der Waals surface area contributed by atoms with Gasteiger partial charge < -0.3 is 10.6 Å². The highest BCUT2D eigenvalue weighted by Gasteiger charge is 2.21. The molecule has 5 nitrogen and oxygen atoms in total. The van der Waals surface area contributed by atoms with Gasteiger partial charge in [0.25, 0.3) is 5.91 Å². The Morgan fingerprint density at radius 3 is 2.77 bits per heavy atom. The minimum atomic E-state index is -0.0177. The topological polar surface area (TPSA) is 59.0 Å². The third-order valence-electron chi connectivity index (χ3n) is 5.11. The van der Waals surface area contributed by atoms with Gasteiger partial charge in [-0.1, -0.05) is 31.5 Å². The van der Waals surface area contributed by atoms with E-state index in [2.05, 4.69) is 48.6 Å². The molecule has 0 bridgehead atoms. The number of aryl methyl sites for hydroxylation is 1. The molecule has 2 heterocycles. The van der Waals surface area contributed by atoms with Crippen LogP contribution in [0.1, 0.15) is 60.6 Å². The highest BCUT2D eigenvalue weighted by atomic mass is 16.1. The highest BCUT2D eigenvalue weighted by molar-refractivity contribution is 5.95. The molecule has 1 saturated heterocycles. The highest BCUT2D eigenvalue weighted by Crippen LogP contribution is 2.23. The van der Waals surface area contributed by atoms with E-state index >= 15 is 0 Å². The van der Waals surface area contributed by atoms with Crippen molar-refractivity contribution in [1.82, 2.24) is 20.4 Å². The van der Waals surface area contributed by atoms with Gasteiger partial charge in [-0.25, -0.2) is 4.68 Å². The number of nitrogens with one attached hydrogen (secondary N) is 2. The summed E-state index contributed by atoms with van der Waals surface area (Å²) in [5, 5.41) is 11.0. The molecule has 2 aromatic rings. The molecule has 26 heavy (non-hydrogen) atoms. The first-order valence-electron chi connectivity index (χ1n) is 9.70. The van der Waals surface area contributed by atoms with E-state index in [1.54, 1.807) is 6.20 Å². The van der Waals surface area contributed by atoms with Crippen LogP contribution in [0, 0.1) is 12.8 Å². The van der Waals surface area contributed by atoms with Crippen molar-refractivity contribution >= 4 is 5.91 Å². The van der Waals surface area contributed by atoms with Crippen LogP contribution in [-0.2, 0) is 0 Å². The number of nitrogens with zero attached hydrogens (tertiary/aromatic N) is 2. The van der Waals surface area contributed by atoms with Crippen LogP contribution in [0.5, 0.6) is 0 Å². The Labute approximate surface area is 156 Å². The molecule has 1 aromatic carbocycles. The average Bonchev–Trinajstić information content (AvgIpc) is 3.08. The van der Waals surface area contributed by atoms with Gasteiger partial charge in [-0.15, -0.1) is 0 Å². The Morgan fingerprint density at radius 1 is 1.35 bits per heavy atom. The van der Waals surface area contributed by atoms with E-state index in [9.17, 15) is 4.79 Å². The summed E-state index contributed by atoms with van der Waals surface area (Å²) >= 11 is 0. The molecule has 0 aliphatic carbocycles. The maximum Gasteiger partial charge on any atom is 0.254 e. The fourth-order valence-corrected chi connectivity index (χ4v) is 3.64. The second-order valence-electron chi connectivity index (χ2n) is 7.60. The summed E-state index contributed by atoms with van der Waals surface area (Å²) in [5.74, 6) is 0.863. The van der Waals surface area contributed by atoms with E-state index in [1.165, 1.54) is 18.4 Å². The predicted octanol–water partition coefficient (Wildman–Crippen LogP) is 3.42. The minimum absolute atomic E-state index is 0.0177. The molecule has 1 amide bonds. The van der Waals surface area contributed by atoms with E-state index in [-0.39, 0.29) is 11.8 Å². The summed E-state index contributed by atoms with van der Waals surface area (Å²) in [6, 6.07) is 8.23. The van der Waals surface area contributed by atoms with Crippen molar-refractivity contribution in [2.75, 3.05) is 19.6 Å². The van der Waals surface area contributed by atoms with Gasteiger partial charge in [0.2, 0.25) is 0 Å². The Kier molecular flexibility index (Phi) is 6.09. The molecule has 2 N–H and O–H groups in total. The summed E-state index contributed by atoms with van der Waals surface area (Å²) in [6.45, 7) is 9.19. The number of amides is 1. The van der Waals surface area contributed by atoms with Gasteiger partial charge >= 0.3 is 0 Å². The fourth-order valence-electron chi connectivity index (χ4n) is 3.64. The number of carbonyl (C=O) groups excluding carboxylic acids is 1. The summed E-state index contributed by atoms with van der Waals surface area (Å²) in [7, 11) is 0. The lowest BCUT2D eigenvalue weighted by Crippen LogP contribution is -2.33. The van der Waals surface area contributed by atoms with E-state index < -0.39 is 0 Å². The normalized spacial score (nSPS) is 17.5. The van der Waals surface area contributed by atoms with Crippen molar-refractivity contribution in [1.29, 1.82) is 0 Å². The molecular weight excluding hydrogens is 324 g/mol. The number of hydrogen-bond acceptors (Lipinski definition) is 3. The molecule has 1 unspecified atom stereocenters. The molecular formula is C21H30N4O. The maximum atomic E-state index is 12.7. The van der Waals surface area contributed by atoms with Gasteiger partial charge in [0.15, 0.2) is 0 Å². The van der Waals surface area contributed by atoms with Gasteiger partial charge in [-0.05, 0) is 63.2 Å². The summed E-state index contributed by atoms with van der Waals surface area (Å²) in [6.07, 6.45) is 5.22. The molecule has 3 rings (SSSR count). The van der Waals surface area contributed by atoms with E-state index in [0.29, 0.717) is 11.5 Å². The summed E-state index contributed by atoms with van der Waals surface area (Å²) in [5.41, 5.74) is 3.85. The van der Waals surface area contributed by atoms with Crippen LogP contribution in [0.15, 0.2) is 30.5 Å². The molecule has 1 aliphatic rings. The van der Waals surface area contributed by atoms with Crippen molar-refractivity contribution in [2.45, 2.75) is 46.0 Å². The lowest BCUT2D eigenvalue weighted by atomic mass is 9.96. The largest absolute Gasteiger partial charge is 0.352 e. The van der Waals surface area contributed by atoms with Gasteiger partial charge in [0.1, 0.15) is 0 Å². The Morgan fingerprint density at radius 2 is 2.12 bits per heavy atom. The molecule has 1 atom stereocenters. The number of piperidine rings is 1. The van der Waals surface area contributed by atoms with Crippen molar-refractivity contribution in [3.63, 3.8) is 0 Å². The van der Waals surface area contributed by atoms with Crippen LogP contribution < -0.4 is 10.6 Å². The smallest absolute Gasteiger partial charge is 0.254 e. The van der Waals surface area contributed by atoms with Crippen molar-refractivity contribution in [2.24, 2.45) is 5.92 Å². The van der Waals surface area contributed by atoms with Crippen molar-refractivity contribution in [3.8, 4) is 5.69 Å². The third kappa shape index (κ3) is 4.33. The minimum Gasteiger partial charge on any atom is -0.352 e. The second-order valence-corrected chi connectivity index (χ2v) is 7.60. The quantitative estimate of drug-likeness (QED) is 0.836. The van der Waals surface area contributed by atoms with E-state index in [4.69, 9.17) is 0 Å². The molecule has 0 radical (unpaired) electrons. The van der Waals surface area contributed by atoms with E-state index in [0.717, 1.165) is 37.4 Å². The van der Waals surface area contributed by atoms with Crippen molar-refractivity contribution in [3.05, 3.63) is 47.3 Å². The molecule has 1 aliphatic heterocycles. The Bertz CT molecular complexity index is 727. The molecule has 0 spiro atoms. The van der Waals surface area contributed by atoms with Gasteiger partial charge in [0, 0.05) is 6.54 Å². The molecule has 1 fully saturated rings. The SMILES string of the molecule is Cc1ccc(-n2ncc(C(=O)NCCC3CCCNC3)c2C(C)C)cc1. The number of hydrogen-bond donors (Lipinski definition) is 2. The fraction of sp³-hybridized carbons (Fsp3) is 0.524. The van der Waals surface area contributed by atoms with Crippen LogP contribution in [0.2, 0.25) is 0 Å². The Hall–Kier alpha value is -2.14. The first-order chi connectivity index (χ1) is 12.6. The molecule has 5 heteroatoms. The maximum absolute atomic E-state index is 12.7. The second kappa shape index (κ2) is 8.49. The summed E-state index contributed by atoms with van der Waals surface area (Å²) in [4.78, 5) is 12.7. The van der Waals surface area contributed by atoms with Crippen molar-refractivity contribution < 1.29 is 4.79 Å². The first-order valence-corrected chi connectivity index (χ1v) is 9.70. The number of aromatic nitrogens is 2. The number of benzene rings is 1. The van der Waals surface area contributed by atoms with Crippen LogP contribution >= 0.6 is 0 Å². The zero-order chi connectivity index (χ0) is 18.5. The predicted molar refractivity (Wildman–Crippen MR) is 105 cm³/mol. The summed E-state index contributed by atoms with van der Waals surface area (Å²) < 4.78 is 1.89. The third-order valence-corrected chi connectivity index (χ3v) is 5.11. The molecule has 1 aromatic heterocycles. The van der Waals surface area contributed by atoms with Gasteiger partial charge in [-0.3, -0.25) is 4.79 Å². The zero-order valence-corrected chi connectivity index (χ0v) is 16.1. The number of carbonyl (C=O) groups is 1. The van der Waals surface area contributed by atoms with Crippen LogP contribution in [0.4, 0.5) is 0 Å². The Balaban J connectivity index is 1.70. The van der Waals surface area contributed by atoms with Gasteiger partial charge in [0.05, 0.1) is 23.1 Å². The molecule has 0 saturated carbocycles. The average molecular weight is 354 g/mol.